The first-order chi connectivity index (χ1) is 7.77. The maximum atomic E-state index is 4.24. The van der Waals surface area contributed by atoms with Crippen molar-refractivity contribution in [2.45, 2.75) is 39.0 Å². The predicted molar refractivity (Wildman–Crippen MR) is 67.6 cm³/mol. The number of pyridine rings is 1. The molecular weight excluding hydrogens is 196 g/mol. The largest absolute Gasteiger partial charge is 0.316 e. The van der Waals surface area contributed by atoms with E-state index in [1.165, 1.54) is 43.5 Å². The fraction of sp³-hybridized carbons (Fsp3) is 0.643. The second-order valence-electron chi connectivity index (χ2n) is 5.15. The molecule has 1 fully saturated rings. The Morgan fingerprint density at radius 2 is 2.38 bits per heavy atom. The minimum absolute atomic E-state index is 0.584. The van der Waals surface area contributed by atoms with Crippen LogP contribution in [0.5, 0.6) is 0 Å². The van der Waals surface area contributed by atoms with Crippen molar-refractivity contribution in [1.29, 1.82) is 0 Å². The van der Waals surface area contributed by atoms with Gasteiger partial charge in [-0.3, -0.25) is 4.98 Å². The quantitative estimate of drug-likeness (QED) is 0.844. The van der Waals surface area contributed by atoms with Gasteiger partial charge in [-0.15, -0.1) is 0 Å². The van der Waals surface area contributed by atoms with Gasteiger partial charge in [0, 0.05) is 12.4 Å². The zero-order valence-electron chi connectivity index (χ0n) is 10.4. The van der Waals surface area contributed by atoms with Crippen LogP contribution in [0, 0.1) is 5.92 Å². The van der Waals surface area contributed by atoms with Crippen molar-refractivity contribution in [3.05, 3.63) is 29.6 Å². The molecule has 2 heteroatoms. The van der Waals surface area contributed by atoms with E-state index < -0.39 is 0 Å². The van der Waals surface area contributed by atoms with Crippen molar-refractivity contribution in [2.75, 3.05) is 13.1 Å². The Morgan fingerprint density at radius 3 is 3.06 bits per heavy atom. The third kappa shape index (κ3) is 2.82. The average molecular weight is 218 g/mol. The van der Waals surface area contributed by atoms with E-state index in [0.29, 0.717) is 5.92 Å². The summed E-state index contributed by atoms with van der Waals surface area (Å²) in [5.41, 5.74) is 2.92. The van der Waals surface area contributed by atoms with Crippen LogP contribution >= 0.6 is 0 Å². The summed E-state index contributed by atoms with van der Waals surface area (Å²) in [6, 6.07) is 2.20. The second-order valence-corrected chi connectivity index (χ2v) is 5.15. The average Bonchev–Trinajstić information content (AvgIpc) is 2.31. The Hall–Kier alpha value is -0.890. The molecule has 2 rings (SSSR count). The van der Waals surface area contributed by atoms with Gasteiger partial charge in [0.1, 0.15) is 0 Å². The summed E-state index contributed by atoms with van der Waals surface area (Å²) < 4.78 is 0. The molecule has 1 aliphatic heterocycles. The van der Waals surface area contributed by atoms with E-state index in [9.17, 15) is 0 Å². The molecule has 0 spiro atoms. The van der Waals surface area contributed by atoms with Crippen LogP contribution in [0.2, 0.25) is 0 Å². The van der Waals surface area contributed by atoms with E-state index in [-0.39, 0.29) is 0 Å². The van der Waals surface area contributed by atoms with E-state index in [1.54, 1.807) is 0 Å². The van der Waals surface area contributed by atoms with Crippen LogP contribution < -0.4 is 5.32 Å². The number of hydrogen-bond donors (Lipinski definition) is 1. The highest BCUT2D eigenvalue weighted by Gasteiger charge is 2.15. The lowest BCUT2D eigenvalue weighted by Gasteiger charge is -2.24. The van der Waals surface area contributed by atoms with E-state index in [2.05, 4.69) is 30.2 Å². The SMILES string of the molecule is CC(C)c1cnccc1CC1CCCNC1. The van der Waals surface area contributed by atoms with E-state index in [0.717, 1.165) is 5.92 Å². The monoisotopic (exact) mass is 218 g/mol. The van der Waals surface area contributed by atoms with Gasteiger partial charge in [-0.1, -0.05) is 13.8 Å². The van der Waals surface area contributed by atoms with Crippen LogP contribution in [-0.2, 0) is 6.42 Å². The van der Waals surface area contributed by atoms with Gasteiger partial charge in [-0.2, -0.15) is 0 Å². The third-order valence-electron chi connectivity index (χ3n) is 3.48. The van der Waals surface area contributed by atoms with Crippen molar-refractivity contribution in [1.82, 2.24) is 10.3 Å². The Kier molecular flexibility index (Phi) is 3.94. The molecule has 0 amide bonds. The molecule has 2 nitrogen and oxygen atoms in total. The standard InChI is InChI=1S/C14H22N2/c1-11(2)14-10-16-7-5-13(14)8-12-4-3-6-15-9-12/h5,7,10-12,15H,3-4,6,8-9H2,1-2H3. The van der Waals surface area contributed by atoms with Gasteiger partial charge >= 0.3 is 0 Å². The normalized spacial score (nSPS) is 21.3. The number of nitrogens with one attached hydrogen (secondary N) is 1. The lowest BCUT2D eigenvalue weighted by Crippen LogP contribution is -2.31. The number of hydrogen-bond acceptors (Lipinski definition) is 2. The summed E-state index contributed by atoms with van der Waals surface area (Å²) in [6.07, 6.45) is 7.87. The Morgan fingerprint density at radius 1 is 1.50 bits per heavy atom. The summed E-state index contributed by atoms with van der Waals surface area (Å²) in [4.78, 5) is 4.24. The second kappa shape index (κ2) is 5.44. The molecule has 0 aliphatic carbocycles. The van der Waals surface area contributed by atoms with Gasteiger partial charge in [0.2, 0.25) is 0 Å². The fourth-order valence-corrected chi connectivity index (χ4v) is 2.55. The van der Waals surface area contributed by atoms with Crippen LogP contribution in [-0.4, -0.2) is 18.1 Å². The van der Waals surface area contributed by atoms with Crippen LogP contribution in [0.1, 0.15) is 43.7 Å². The Balaban J connectivity index is 2.07. The molecule has 1 aliphatic rings. The van der Waals surface area contributed by atoms with Crippen LogP contribution in [0.3, 0.4) is 0 Å². The highest BCUT2D eigenvalue weighted by Crippen LogP contribution is 2.23. The van der Waals surface area contributed by atoms with E-state index in [4.69, 9.17) is 0 Å². The molecule has 88 valence electrons. The molecule has 1 atom stereocenters. The van der Waals surface area contributed by atoms with Gasteiger partial charge in [0.15, 0.2) is 0 Å². The van der Waals surface area contributed by atoms with Crippen LogP contribution in [0.4, 0.5) is 0 Å². The molecule has 0 bridgehead atoms. The van der Waals surface area contributed by atoms with E-state index >= 15 is 0 Å². The maximum Gasteiger partial charge on any atom is 0.0305 e. The minimum atomic E-state index is 0.584. The lowest BCUT2D eigenvalue weighted by atomic mass is 9.88. The number of nitrogens with zero attached hydrogens (tertiary/aromatic N) is 1. The summed E-state index contributed by atoms with van der Waals surface area (Å²) in [5, 5.41) is 3.49. The molecule has 0 radical (unpaired) electrons. The fourth-order valence-electron chi connectivity index (χ4n) is 2.55. The lowest BCUT2D eigenvalue weighted by molar-refractivity contribution is 0.375. The minimum Gasteiger partial charge on any atom is -0.316 e. The van der Waals surface area contributed by atoms with Gasteiger partial charge in [-0.05, 0) is 61.4 Å². The topological polar surface area (TPSA) is 24.9 Å². The van der Waals surface area contributed by atoms with Crippen molar-refractivity contribution in [3.63, 3.8) is 0 Å². The van der Waals surface area contributed by atoms with Crippen LogP contribution in [0.25, 0.3) is 0 Å². The highest BCUT2D eigenvalue weighted by atomic mass is 14.9. The van der Waals surface area contributed by atoms with Crippen molar-refractivity contribution in [2.24, 2.45) is 5.92 Å². The summed E-state index contributed by atoms with van der Waals surface area (Å²) in [6.45, 7) is 6.88. The zero-order chi connectivity index (χ0) is 11.4. The maximum absolute atomic E-state index is 4.24. The predicted octanol–water partition coefficient (Wildman–Crippen LogP) is 2.75. The molecule has 16 heavy (non-hydrogen) atoms. The number of rotatable bonds is 3. The molecule has 0 aromatic carbocycles. The Bertz CT molecular complexity index is 327. The smallest absolute Gasteiger partial charge is 0.0305 e. The Labute approximate surface area is 98.5 Å². The van der Waals surface area contributed by atoms with E-state index in [1.807, 2.05) is 12.4 Å². The van der Waals surface area contributed by atoms with Gasteiger partial charge in [0.25, 0.3) is 0 Å². The molecule has 1 aromatic rings. The molecule has 1 aromatic heterocycles. The van der Waals surface area contributed by atoms with Crippen molar-refractivity contribution in [3.8, 4) is 0 Å². The van der Waals surface area contributed by atoms with Gasteiger partial charge < -0.3 is 5.32 Å². The molecule has 0 saturated carbocycles. The third-order valence-corrected chi connectivity index (χ3v) is 3.48. The highest BCUT2D eigenvalue weighted by molar-refractivity contribution is 5.26. The first-order valence-corrected chi connectivity index (χ1v) is 6.41. The summed E-state index contributed by atoms with van der Waals surface area (Å²) in [7, 11) is 0. The first kappa shape index (κ1) is 11.6. The summed E-state index contributed by atoms with van der Waals surface area (Å²) in [5.74, 6) is 1.40. The molecule has 1 saturated heterocycles. The van der Waals surface area contributed by atoms with Gasteiger partial charge in [-0.25, -0.2) is 0 Å². The summed E-state index contributed by atoms with van der Waals surface area (Å²) >= 11 is 0. The molecule has 1 N–H and O–H groups in total. The molecular formula is C14H22N2. The van der Waals surface area contributed by atoms with Gasteiger partial charge in [0.05, 0.1) is 0 Å². The number of piperidine rings is 1. The molecule has 2 heterocycles. The number of aromatic nitrogens is 1. The van der Waals surface area contributed by atoms with Crippen molar-refractivity contribution < 1.29 is 0 Å². The molecule has 1 unspecified atom stereocenters. The first-order valence-electron chi connectivity index (χ1n) is 6.41. The van der Waals surface area contributed by atoms with Crippen LogP contribution in [0.15, 0.2) is 18.5 Å². The zero-order valence-corrected chi connectivity index (χ0v) is 10.4. The van der Waals surface area contributed by atoms with Crippen molar-refractivity contribution >= 4 is 0 Å².